The van der Waals surface area contributed by atoms with Crippen LogP contribution >= 0.6 is 0 Å². The van der Waals surface area contributed by atoms with Gasteiger partial charge in [-0.3, -0.25) is 9.59 Å². The van der Waals surface area contributed by atoms with Gasteiger partial charge in [0.2, 0.25) is 5.91 Å². The Morgan fingerprint density at radius 3 is 2.58 bits per heavy atom. The zero-order valence-electron chi connectivity index (χ0n) is 17.7. The fourth-order valence-electron chi connectivity index (χ4n) is 4.02. The second-order valence-electron chi connectivity index (χ2n) is 7.40. The molecule has 2 aromatic carbocycles. The number of hydrogen-bond acceptors (Lipinski definition) is 6. The van der Waals surface area contributed by atoms with Gasteiger partial charge >= 0.3 is 0 Å². The summed E-state index contributed by atoms with van der Waals surface area (Å²) in [6, 6.07) is 10.7. The summed E-state index contributed by atoms with van der Waals surface area (Å²) < 4.78 is 21.7. The number of rotatable bonds is 6. The second kappa shape index (κ2) is 9.16. The molecule has 2 aromatic rings. The molecule has 0 saturated carbocycles. The molecule has 0 aliphatic carbocycles. The van der Waals surface area contributed by atoms with E-state index in [2.05, 4.69) is 5.32 Å². The highest BCUT2D eigenvalue weighted by molar-refractivity contribution is 5.97. The maximum absolute atomic E-state index is 12.9. The van der Waals surface area contributed by atoms with Gasteiger partial charge in [-0.15, -0.1) is 0 Å². The number of methoxy groups -OCH3 is 2. The molecule has 1 fully saturated rings. The van der Waals surface area contributed by atoms with E-state index in [9.17, 15) is 9.59 Å². The van der Waals surface area contributed by atoms with Crippen molar-refractivity contribution in [2.75, 3.05) is 40.5 Å². The lowest BCUT2D eigenvalue weighted by Gasteiger charge is -2.27. The molecule has 1 saturated heterocycles. The quantitative estimate of drug-likeness (QED) is 0.764. The number of carbonyl (C=O) groups is 2. The third kappa shape index (κ3) is 4.38. The number of benzene rings is 2. The lowest BCUT2D eigenvalue weighted by atomic mass is 10.0. The number of carbonyl (C=O) groups excluding carboxylic acids is 2. The standard InChI is InChI=1S/C23H26N2O6/c1-28-18-7-6-16(13-20(18)29-2)23(27)24-14-22(26)25-9-3-4-17(25)15-5-8-19-21(12-15)31-11-10-30-19/h5-8,12-13,17H,3-4,9-11,14H2,1-2H3,(H,24,27). The Hall–Kier alpha value is -3.42. The van der Waals surface area contributed by atoms with Crippen molar-refractivity contribution in [1.82, 2.24) is 10.2 Å². The van der Waals surface area contributed by atoms with Crippen molar-refractivity contribution in [1.29, 1.82) is 0 Å². The van der Waals surface area contributed by atoms with Crippen LogP contribution in [0.3, 0.4) is 0 Å². The molecule has 1 atom stereocenters. The summed E-state index contributed by atoms with van der Waals surface area (Å²) in [5.41, 5.74) is 1.41. The summed E-state index contributed by atoms with van der Waals surface area (Å²) in [6.45, 7) is 1.64. The third-order valence-corrected chi connectivity index (χ3v) is 5.57. The summed E-state index contributed by atoms with van der Waals surface area (Å²) in [5, 5.41) is 2.72. The van der Waals surface area contributed by atoms with E-state index in [1.807, 2.05) is 23.1 Å². The molecular formula is C23H26N2O6. The van der Waals surface area contributed by atoms with Gasteiger partial charge in [-0.2, -0.15) is 0 Å². The number of hydrogen-bond donors (Lipinski definition) is 1. The first-order valence-electron chi connectivity index (χ1n) is 10.3. The van der Waals surface area contributed by atoms with E-state index in [0.717, 1.165) is 24.2 Å². The molecule has 0 aromatic heterocycles. The minimum atomic E-state index is -0.343. The number of fused-ring (bicyclic) bond motifs is 1. The molecule has 8 nitrogen and oxygen atoms in total. The summed E-state index contributed by atoms with van der Waals surface area (Å²) in [7, 11) is 3.04. The smallest absolute Gasteiger partial charge is 0.251 e. The Morgan fingerprint density at radius 1 is 1.03 bits per heavy atom. The van der Waals surface area contributed by atoms with Crippen molar-refractivity contribution in [3.63, 3.8) is 0 Å². The van der Waals surface area contributed by atoms with Crippen LogP contribution in [0.1, 0.15) is 34.8 Å². The molecule has 2 aliphatic rings. The maximum atomic E-state index is 12.9. The molecule has 0 radical (unpaired) electrons. The van der Waals surface area contributed by atoms with Crippen LogP contribution in [0, 0.1) is 0 Å². The van der Waals surface area contributed by atoms with E-state index in [1.54, 1.807) is 18.2 Å². The number of nitrogens with zero attached hydrogens (tertiary/aromatic N) is 1. The Bertz CT molecular complexity index is 977. The fraction of sp³-hybridized carbons (Fsp3) is 0.391. The van der Waals surface area contributed by atoms with E-state index in [1.165, 1.54) is 14.2 Å². The lowest BCUT2D eigenvalue weighted by molar-refractivity contribution is -0.131. The molecular weight excluding hydrogens is 400 g/mol. The largest absolute Gasteiger partial charge is 0.493 e. The Labute approximate surface area is 181 Å². The summed E-state index contributed by atoms with van der Waals surface area (Å²) >= 11 is 0. The normalized spacial score (nSPS) is 17.2. The van der Waals surface area contributed by atoms with Crippen molar-refractivity contribution in [3.8, 4) is 23.0 Å². The van der Waals surface area contributed by atoms with Gasteiger partial charge in [0.05, 0.1) is 26.8 Å². The van der Waals surface area contributed by atoms with Gasteiger partial charge < -0.3 is 29.2 Å². The first kappa shape index (κ1) is 20.8. The summed E-state index contributed by atoms with van der Waals surface area (Å²) in [5.74, 6) is 1.97. The molecule has 8 heteroatoms. The zero-order chi connectivity index (χ0) is 21.8. The molecule has 2 heterocycles. The molecule has 4 rings (SSSR count). The minimum Gasteiger partial charge on any atom is -0.493 e. The predicted octanol–water partition coefficient (Wildman–Crippen LogP) is 2.57. The van der Waals surface area contributed by atoms with E-state index in [0.29, 0.717) is 42.6 Å². The molecule has 1 N–H and O–H groups in total. The Kier molecular flexibility index (Phi) is 6.16. The highest BCUT2D eigenvalue weighted by atomic mass is 16.6. The van der Waals surface area contributed by atoms with Gasteiger partial charge in [0, 0.05) is 12.1 Å². The average molecular weight is 426 g/mol. The first-order valence-corrected chi connectivity index (χ1v) is 10.3. The van der Waals surface area contributed by atoms with Crippen LogP contribution in [0.15, 0.2) is 36.4 Å². The van der Waals surface area contributed by atoms with E-state index >= 15 is 0 Å². The van der Waals surface area contributed by atoms with Gasteiger partial charge in [0.1, 0.15) is 13.2 Å². The number of ether oxygens (including phenoxy) is 4. The van der Waals surface area contributed by atoms with E-state index in [-0.39, 0.29) is 24.4 Å². The lowest BCUT2D eigenvalue weighted by Crippen LogP contribution is -2.39. The molecule has 2 amide bonds. The molecule has 0 spiro atoms. The molecule has 0 bridgehead atoms. The second-order valence-corrected chi connectivity index (χ2v) is 7.40. The Balaban J connectivity index is 1.40. The van der Waals surface area contributed by atoms with Crippen LogP contribution < -0.4 is 24.3 Å². The molecule has 1 unspecified atom stereocenters. The highest BCUT2D eigenvalue weighted by Crippen LogP contribution is 2.38. The SMILES string of the molecule is COc1ccc(C(=O)NCC(=O)N2CCCC2c2ccc3c(c2)OCCO3)cc1OC. The topological polar surface area (TPSA) is 86.3 Å². The van der Waals surface area contributed by atoms with Crippen molar-refractivity contribution in [3.05, 3.63) is 47.5 Å². The van der Waals surface area contributed by atoms with Crippen molar-refractivity contribution >= 4 is 11.8 Å². The minimum absolute atomic E-state index is 0.0405. The van der Waals surface area contributed by atoms with Crippen molar-refractivity contribution < 1.29 is 28.5 Å². The third-order valence-electron chi connectivity index (χ3n) is 5.57. The van der Waals surface area contributed by atoms with Gasteiger partial charge in [0.15, 0.2) is 23.0 Å². The summed E-state index contributed by atoms with van der Waals surface area (Å²) in [4.78, 5) is 27.2. The van der Waals surface area contributed by atoms with Gasteiger partial charge in [-0.05, 0) is 48.7 Å². The van der Waals surface area contributed by atoms with Gasteiger partial charge in [-0.1, -0.05) is 6.07 Å². The fourth-order valence-corrected chi connectivity index (χ4v) is 4.02. The summed E-state index contributed by atoms with van der Waals surface area (Å²) in [6.07, 6.45) is 1.78. The van der Waals surface area contributed by atoms with Gasteiger partial charge in [0.25, 0.3) is 5.91 Å². The van der Waals surface area contributed by atoms with Crippen molar-refractivity contribution in [2.45, 2.75) is 18.9 Å². The van der Waals surface area contributed by atoms with Gasteiger partial charge in [-0.25, -0.2) is 0 Å². The van der Waals surface area contributed by atoms with Crippen LogP contribution in [0.2, 0.25) is 0 Å². The molecule has 31 heavy (non-hydrogen) atoms. The maximum Gasteiger partial charge on any atom is 0.251 e. The van der Waals surface area contributed by atoms with Crippen molar-refractivity contribution in [2.24, 2.45) is 0 Å². The van der Waals surface area contributed by atoms with E-state index < -0.39 is 0 Å². The molecule has 2 aliphatic heterocycles. The molecule has 164 valence electrons. The van der Waals surface area contributed by atoms with Crippen LogP contribution in [0.25, 0.3) is 0 Å². The van der Waals surface area contributed by atoms with E-state index in [4.69, 9.17) is 18.9 Å². The zero-order valence-corrected chi connectivity index (χ0v) is 17.7. The number of nitrogens with one attached hydrogen (secondary N) is 1. The van der Waals surface area contributed by atoms with Crippen LogP contribution in [0.4, 0.5) is 0 Å². The Morgan fingerprint density at radius 2 is 1.81 bits per heavy atom. The van der Waals surface area contributed by atoms with Crippen LogP contribution in [0.5, 0.6) is 23.0 Å². The first-order chi connectivity index (χ1) is 15.1. The number of likely N-dealkylation sites (tertiary alicyclic amines) is 1. The number of amides is 2. The van der Waals surface area contributed by atoms with Crippen LogP contribution in [-0.2, 0) is 4.79 Å². The highest BCUT2D eigenvalue weighted by Gasteiger charge is 2.31. The van der Waals surface area contributed by atoms with Crippen LogP contribution in [-0.4, -0.2) is 57.2 Å². The average Bonchev–Trinajstić information content (AvgIpc) is 3.31. The monoisotopic (exact) mass is 426 g/mol. The predicted molar refractivity (Wildman–Crippen MR) is 113 cm³/mol.